The second kappa shape index (κ2) is 11.8. The molecule has 9 nitrogen and oxygen atoms in total. The van der Waals surface area contributed by atoms with Gasteiger partial charge in [-0.25, -0.2) is 23.3 Å². The molecule has 3 atom stereocenters. The van der Waals surface area contributed by atoms with E-state index >= 15 is 0 Å². The molecule has 1 amide bonds. The van der Waals surface area contributed by atoms with Crippen molar-refractivity contribution in [3.63, 3.8) is 0 Å². The predicted molar refractivity (Wildman–Crippen MR) is 153 cm³/mol. The summed E-state index contributed by atoms with van der Waals surface area (Å²) in [5.41, 5.74) is 1.64. The molecule has 3 aromatic heterocycles. The summed E-state index contributed by atoms with van der Waals surface area (Å²) in [5.74, 6) is -4.08. The van der Waals surface area contributed by atoms with Gasteiger partial charge in [0.05, 0.1) is 46.2 Å². The quantitative estimate of drug-likeness (QED) is 0.274. The molecule has 220 valence electrons. The van der Waals surface area contributed by atoms with Crippen LogP contribution in [0.25, 0.3) is 22.3 Å². The van der Waals surface area contributed by atoms with Gasteiger partial charge in [-0.3, -0.25) is 9.78 Å². The lowest BCUT2D eigenvalue weighted by molar-refractivity contribution is -0.00547. The molecule has 1 aromatic carbocycles. The lowest BCUT2D eigenvalue weighted by atomic mass is 10.1. The molecule has 5 rings (SSSR count). The summed E-state index contributed by atoms with van der Waals surface area (Å²) in [6, 6.07) is 11.0. The lowest BCUT2D eigenvalue weighted by Gasteiger charge is -2.36. The molecule has 0 aliphatic carbocycles. The van der Waals surface area contributed by atoms with Gasteiger partial charge in [0.1, 0.15) is 21.4 Å². The Balaban J connectivity index is 1.36. The van der Waals surface area contributed by atoms with E-state index in [0.29, 0.717) is 46.9 Å². The standard InChI is InChI=1S/C28H26ClF3N6O3S/c1-15-13-38(14-16(2)41-15)26-9-20(30)8-25(37-26)23-4-3-17-11-34-21(10-24(17)36-23)12-35-27(39)18-5-19(29)7-22(6-18)42(33,40)28(31)32/h3-11,15-16,28,33H,12-14H2,1-2H3,(H,35,39)/t15-,16+,42-/m1/s1. The Hall–Kier alpha value is -3.81. The molecule has 0 saturated carbocycles. The first kappa shape index (κ1) is 29.7. The van der Waals surface area contributed by atoms with Gasteiger partial charge in [0.15, 0.2) is 0 Å². The van der Waals surface area contributed by atoms with Crippen LogP contribution in [0.15, 0.2) is 59.6 Å². The van der Waals surface area contributed by atoms with Crippen LogP contribution >= 0.6 is 11.6 Å². The number of hydrogen-bond acceptors (Lipinski definition) is 8. The Morgan fingerprint density at radius 1 is 1.12 bits per heavy atom. The highest BCUT2D eigenvalue weighted by molar-refractivity contribution is 7.92. The Bertz CT molecular complexity index is 1770. The Morgan fingerprint density at radius 3 is 2.57 bits per heavy atom. The fourth-order valence-electron chi connectivity index (χ4n) is 4.68. The fraction of sp³-hybridized carbons (Fsp3) is 0.286. The number of benzene rings is 1. The molecule has 1 saturated heterocycles. The van der Waals surface area contributed by atoms with Crippen molar-refractivity contribution in [1.82, 2.24) is 20.3 Å². The molecule has 1 fully saturated rings. The summed E-state index contributed by atoms with van der Waals surface area (Å²) < 4.78 is 66.2. The van der Waals surface area contributed by atoms with E-state index in [1.54, 1.807) is 24.4 Å². The number of carbonyl (C=O) groups is 1. The van der Waals surface area contributed by atoms with Crippen LogP contribution < -0.4 is 10.2 Å². The van der Waals surface area contributed by atoms with Gasteiger partial charge in [-0.05, 0) is 50.2 Å². The van der Waals surface area contributed by atoms with Crippen LogP contribution in [0.5, 0.6) is 0 Å². The van der Waals surface area contributed by atoms with Crippen LogP contribution in [0, 0.1) is 10.6 Å². The van der Waals surface area contributed by atoms with Gasteiger partial charge in [0.25, 0.3) is 5.91 Å². The maximum atomic E-state index is 14.7. The Morgan fingerprint density at radius 2 is 1.86 bits per heavy atom. The monoisotopic (exact) mass is 618 g/mol. The van der Waals surface area contributed by atoms with E-state index in [9.17, 15) is 22.2 Å². The summed E-state index contributed by atoms with van der Waals surface area (Å²) in [6.45, 7) is 5.02. The molecule has 4 heterocycles. The normalized spacial score (nSPS) is 18.7. The number of morpholine rings is 1. The minimum absolute atomic E-state index is 0.0231. The first-order chi connectivity index (χ1) is 19.9. The highest BCUT2D eigenvalue weighted by Gasteiger charge is 2.25. The number of nitrogens with one attached hydrogen (secondary N) is 2. The minimum Gasteiger partial charge on any atom is -0.372 e. The van der Waals surface area contributed by atoms with Crippen molar-refractivity contribution in [2.75, 3.05) is 18.0 Å². The van der Waals surface area contributed by atoms with Gasteiger partial charge in [-0.1, -0.05) is 11.6 Å². The van der Waals surface area contributed by atoms with Crippen molar-refractivity contribution >= 4 is 44.0 Å². The van der Waals surface area contributed by atoms with E-state index in [4.69, 9.17) is 21.1 Å². The van der Waals surface area contributed by atoms with E-state index < -0.39 is 32.1 Å². The van der Waals surface area contributed by atoms with Gasteiger partial charge in [-0.2, -0.15) is 8.78 Å². The van der Waals surface area contributed by atoms with Crippen molar-refractivity contribution in [2.24, 2.45) is 0 Å². The third-order valence-corrected chi connectivity index (χ3v) is 8.23. The molecular weight excluding hydrogens is 593 g/mol. The maximum absolute atomic E-state index is 14.7. The molecule has 1 aliphatic heterocycles. The molecule has 42 heavy (non-hydrogen) atoms. The third kappa shape index (κ3) is 6.48. The number of rotatable bonds is 7. The van der Waals surface area contributed by atoms with Crippen molar-refractivity contribution in [1.29, 1.82) is 4.78 Å². The molecule has 0 unspecified atom stereocenters. The topological polar surface area (TPSA) is 121 Å². The van der Waals surface area contributed by atoms with Gasteiger partial charge in [0.2, 0.25) is 0 Å². The van der Waals surface area contributed by atoms with Crippen molar-refractivity contribution in [3.05, 3.63) is 76.8 Å². The SMILES string of the molecule is C[C@@H]1CN(c2cc(F)cc(-c3ccc4cnc(CNC(=O)c5cc(Cl)cc([S@@](=N)(=O)C(F)F)c5)cc4n3)n2)C[C@H](C)O1. The van der Waals surface area contributed by atoms with Gasteiger partial charge in [-0.15, -0.1) is 0 Å². The van der Waals surface area contributed by atoms with E-state index in [2.05, 4.69) is 20.3 Å². The lowest BCUT2D eigenvalue weighted by Crippen LogP contribution is -2.45. The fourth-order valence-corrected chi connectivity index (χ4v) is 5.79. The summed E-state index contributed by atoms with van der Waals surface area (Å²) in [4.78, 5) is 27.8. The summed E-state index contributed by atoms with van der Waals surface area (Å²) in [7, 11) is -4.45. The average molecular weight is 619 g/mol. The van der Waals surface area contributed by atoms with Crippen LogP contribution in [0.4, 0.5) is 19.0 Å². The summed E-state index contributed by atoms with van der Waals surface area (Å²) >= 11 is 5.94. The summed E-state index contributed by atoms with van der Waals surface area (Å²) in [6.07, 6.45) is 1.53. The molecule has 0 bridgehead atoms. The highest BCUT2D eigenvalue weighted by atomic mass is 35.5. The molecule has 0 radical (unpaired) electrons. The van der Waals surface area contributed by atoms with E-state index in [1.807, 2.05) is 18.7 Å². The molecule has 2 N–H and O–H groups in total. The second-order valence-electron chi connectivity index (χ2n) is 9.98. The number of fused-ring (bicyclic) bond motifs is 1. The molecule has 0 spiro atoms. The minimum atomic E-state index is -4.45. The van der Waals surface area contributed by atoms with Crippen LogP contribution in [0.3, 0.4) is 0 Å². The Kier molecular flexibility index (Phi) is 8.35. The molecule has 4 aromatic rings. The number of anilines is 1. The predicted octanol–water partition coefficient (Wildman–Crippen LogP) is 5.66. The van der Waals surface area contributed by atoms with Crippen LogP contribution in [-0.4, -0.2) is 56.1 Å². The number of alkyl halides is 2. The number of halogens is 4. The number of hydrogen-bond donors (Lipinski definition) is 2. The van der Waals surface area contributed by atoms with E-state index in [1.165, 1.54) is 18.2 Å². The number of ether oxygens (including phenoxy) is 1. The first-order valence-corrected chi connectivity index (χ1v) is 14.9. The van der Waals surface area contributed by atoms with Crippen molar-refractivity contribution < 1.29 is 26.9 Å². The van der Waals surface area contributed by atoms with Crippen LogP contribution in [-0.2, 0) is 21.0 Å². The van der Waals surface area contributed by atoms with E-state index in [0.717, 1.165) is 12.1 Å². The largest absolute Gasteiger partial charge is 0.372 e. The zero-order chi connectivity index (χ0) is 30.2. The van der Waals surface area contributed by atoms with Gasteiger partial charge in [0, 0.05) is 47.4 Å². The Labute approximate surface area is 245 Å². The molecular formula is C28H26ClF3N6O3S. The first-order valence-electron chi connectivity index (χ1n) is 12.9. The van der Waals surface area contributed by atoms with Gasteiger partial charge >= 0.3 is 5.76 Å². The van der Waals surface area contributed by atoms with Crippen LogP contribution in [0.2, 0.25) is 5.02 Å². The van der Waals surface area contributed by atoms with Gasteiger partial charge < -0.3 is 15.0 Å². The van der Waals surface area contributed by atoms with Crippen molar-refractivity contribution in [3.8, 4) is 11.4 Å². The smallest absolute Gasteiger partial charge is 0.323 e. The maximum Gasteiger partial charge on any atom is 0.323 e. The third-order valence-electron chi connectivity index (χ3n) is 6.58. The van der Waals surface area contributed by atoms with Crippen molar-refractivity contribution in [2.45, 2.75) is 43.3 Å². The average Bonchev–Trinajstić information content (AvgIpc) is 2.94. The molecule has 14 heteroatoms. The highest BCUT2D eigenvalue weighted by Crippen LogP contribution is 2.27. The second-order valence-corrected chi connectivity index (χ2v) is 12.4. The number of amides is 1. The molecule has 1 aliphatic rings. The van der Waals surface area contributed by atoms with Crippen LogP contribution in [0.1, 0.15) is 29.9 Å². The number of aromatic nitrogens is 3. The van der Waals surface area contributed by atoms with E-state index in [-0.39, 0.29) is 29.3 Å². The number of nitrogens with zero attached hydrogens (tertiary/aromatic N) is 4. The zero-order valence-corrected chi connectivity index (χ0v) is 24.1. The number of carbonyl (C=O) groups excluding carboxylic acids is 1. The summed E-state index contributed by atoms with van der Waals surface area (Å²) in [5, 5.41) is 3.21. The zero-order valence-electron chi connectivity index (χ0n) is 22.5. The number of pyridine rings is 3.